The normalized spacial score (nSPS) is 18.0. The lowest BCUT2D eigenvalue weighted by atomic mass is 10.0. The van der Waals surface area contributed by atoms with Crippen LogP contribution in [0.5, 0.6) is 6.01 Å². The lowest BCUT2D eigenvalue weighted by Gasteiger charge is -2.25. The Morgan fingerprint density at radius 1 is 1.28 bits per heavy atom. The Balaban J connectivity index is 1.48. The summed E-state index contributed by atoms with van der Waals surface area (Å²) in [7, 11) is 1.49. The molecule has 2 aliphatic heterocycles. The SMILES string of the molecule is COc1ncc(C(=O)N2CCc3oc(C4CCOCC4)nc3C2)cn1. The molecule has 0 aliphatic carbocycles. The first-order chi connectivity index (χ1) is 12.2. The minimum absolute atomic E-state index is 0.107. The van der Waals surface area contributed by atoms with Gasteiger partial charge in [-0.1, -0.05) is 0 Å². The van der Waals surface area contributed by atoms with Crippen LogP contribution in [0.1, 0.15) is 46.5 Å². The van der Waals surface area contributed by atoms with Crippen LogP contribution < -0.4 is 4.74 Å². The van der Waals surface area contributed by atoms with E-state index in [0.29, 0.717) is 31.0 Å². The molecule has 0 radical (unpaired) electrons. The largest absolute Gasteiger partial charge is 0.467 e. The molecule has 4 rings (SSSR count). The van der Waals surface area contributed by atoms with E-state index in [1.54, 1.807) is 4.90 Å². The zero-order valence-corrected chi connectivity index (χ0v) is 14.1. The zero-order valence-electron chi connectivity index (χ0n) is 14.1. The standard InChI is InChI=1S/C17H20N4O4/c1-23-17-18-8-12(9-19-17)16(22)21-5-2-14-13(10-21)20-15(25-14)11-3-6-24-7-4-11/h8-9,11H,2-7,10H2,1H3. The molecule has 1 saturated heterocycles. The highest BCUT2D eigenvalue weighted by molar-refractivity contribution is 5.93. The molecule has 0 bridgehead atoms. The van der Waals surface area contributed by atoms with E-state index in [1.165, 1.54) is 19.5 Å². The van der Waals surface area contributed by atoms with Crippen LogP contribution in [0.4, 0.5) is 0 Å². The van der Waals surface area contributed by atoms with Crippen LogP contribution in [0, 0.1) is 0 Å². The maximum absolute atomic E-state index is 12.6. The van der Waals surface area contributed by atoms with Crippen molar-refractivity contribution in [1.29, 1.82) is 0 Å². The number of hydrogen-bond donors (Lipinski definition) is 0. The number of nitrogens with zero attached hydrogens (tertiary/aromatic N) is 4. The fourth-order valence-corrected chi connectivity index (χ4v) is 3.23. The lowest BCUT2D eigenvalue weighted by molar-refractivity contribution is 0.0724. The highest BCUT2D eigenvalue weighted by Gasteiger charge is 2.29. The molecule has 2 aromatic heterocycles. The molecular formula is C17H20N4O4. The molecule has 2 aliphatic rings. The summed E-state index contributed by atoms with van der Waals surface area (Å²) in [4.78, 5) is 27.1. The van der Waals surface area contributed by atoms with E-state index in [0.717, 1.165) is 43.4 Å². The van der Waals surface area contributed by atoms with Gasteiger partial charge in [0.05, 0.1) is 19.2 Å². The van der Waals surface area contributed by atoms with Crippen molar-refractivity contribution in [2.24, 2.45) is 0 Å². The maximum Gasteiger partial charge on any atom is 0.316 e. The van der Waals surface area contributed by atoms with Gasteiger partial charge in [-0.3, -0.25) is 4.79 Å². The van der Waals surface area contributed by atoms with Crippen LogP contribution in [0.2, 0.25) is 0 Å². The Bertz CT molecular complexity index is 753. The van der Waals surface area contributed by atoms with Crippen LogP contribution in [0.15, 0.2) is 16.8 Å². The average Bonchev–Trinajstić information content (AvgIpc) is 3.11. The first kappa shape index (κ1) is 16.0. The van der Waals surface area contributed by atoms with Gasteiger partial charge in [0.25, 0.3) is 5.91 Å². The summed E-state index contributed by atoms with van der Waals surface area (Å²) >= 11 is 0. The first-order valence-corrected chi connectivity index (χ1v) is 8.46. The Kier molecular flexibility index (Phi) is 4.35. The van der Waals surface area contributed by atoms with Gasteiger partial charge >= 0.3 is 6.01 Å². The van der Waals surface area contributed by atoms with Crippen LogP contribution in [0.3, 0.4) is 0 Å². The summed E-state index contributed by atoms with van der Waals surface area (Å²) < 4.78 is 16.3. The van der Waals surface area contributed by atoms with Crippen molar-refractivity contribution in [1.82, 2.24) is 19.9 Å². The van der Waals surface area contributed by atoms with Gasteiger partial charge in [-0.2, -0.15) is 0 Å². The summed E-state index contributed by atoms with van der Waals surface area (Å²) in [6.45, 7) is 2.55. The zero-order chi connectivity index (χ0) is 17.2. The highest BCUT2D eigenvalue weighted by Crippen LogP contribution is 2.30. The van der Waals surface area contributed by atoms with Gasteiger partial charge in [0.1, 0.15) is 11.5 Å². The molecule has 25 heavy (non-hydrogen) atoms. The smallest absolute Gasteiger partial charge is 0.316 e. The maximum atomic E-state index is 12.6. The molecule has 132 valence electrons. The van der Waals surface area contributed by atoms with E-state index in [1.807, 2.05) is 0 Å². The second kappa shape index (κ2) is 6.79. The summed E-state index contributed by atoms with van der Waals surface area (Å²) in [5.74, 6) is 1.90. The lowest BCUT2D eigenvalue weighted by Crippen LogP contribution is -2.36. The van der Waals surface area contributed by atoms with Gasteiger partial charge < -0.3 is 18.8 Å². The van der Waals surface area contributed by atoms with Gasteiger partial charge in [-0.25, -0.2) is 15.0 Å². The molecule has 0 atom stereocenters. The molecule has 8 nitrogen and oxygen atoms in total. The summed E-state index contributed by atoms with van der Waals surface area (Å²) in [6, 6.07) is 0.245. The second-order valence-corrected chi connectivity index (χ2v) is 6.24. The van der Waals surface area contributed by atoms with E-state index in [9.17, 15) is 4.79 Å². The van der Waals surface area contributed by atoms with Gasteiger partial charge in [0.2, 0.25) is 0 Å². The molecular weight excluding hydrogens is 324 g/mol. The molecule has 1 fully saturated rings. The number of ether oxygens (including phenoxy) is 2. The van der Waals surface area contributed by atoms with Gasteiger partial charge in [0.15, 0.2) is 5.89 Å². The number of oxazole rings is 1. The van der Waals surface area contributed by atoms with E-state index < -0.39 is 0 Å². The predicted octanol–water partition coefficient (Wildman–Crippen LogP) is 1.57. The highest BCUT2D eigenvalue weighted by atomic mass is 16.5. The number of methoxy groups -OCH3 is 1. The molecule has 2 aromatic rings. The Hall–Kier alpha value is -2.48. The predicted molar refractivity (Wildman–Crippen MR) is 86.3 cm³/mol. The van der Waals surface area contributed by atoms with Crippen LogP contribution in [-0.4, -0.2) is 52.6 Å². The van der Waals surface area contributed by atoms with Crippen molar-refractivity contribution < 1.29 is 18.7 Å². The van der Waals surface area contributed by atoms with Crippen molar-refractivity contribution in [3.63, 3.8) is 0 Å². The van der Waals surface area contributed by atoms with Crippen molar-refractivity contribution in [3.8, 4) is 6.01 Å². The first-order valence-electron chi connectivity index (χ1n) is 8.46. The van der Waals surface area contributed by atoms with E-state index in [4.69, 9.17) is 13.9 Å². The van der Waals surface area contributed by atoms with Crippen LogP contribution in [0.25, 0.3) is 0 Å². The number of fused-ring (bicyclic) bond motifs is 1. The molecule has 0 unspecified atom stereocenters. The topological polar surface area (TPSA) is 90.6 Å². The average molecular weight is 344 g/mol. The number of carbonyl (C=O) groups is 1. The van der Waals surface area contributed by atoms with Crippen molar-refractivity contribution in [2.75, 3.05) is 26.9 Å². The Morgan fingerprint density at radius 2 is 2.04 bits per heavy atom. The Morgan fingerprint density at radius 3 is 2.76 bits per heavy atom. The minimum Gasteiger partial charge on any atom is -0.467 e. The molecule has 0 spiro atoms. The van der Waals surface area contributed by atoms with Crippen molar-refractivity contribution in [2.45, 2.75) is 31.7 Å². The van der Waals surface area contributed by atoms with Gasteiger partial charge in [-0.15, -0.1) is 0 Å². The van der Waals surface area contributed by atoms with Crippen molar-refractivity contribution in [3.05, 3.63) is 35.3 Å². The molecule has 0 saturated carbocycles. The summed E-state index contributed by atoms with van der Waals surface area (Å²) in [5.41, 5.74) is 1.30. The number of aromatic nitrogens is 3. The van der Waals surface area contributed by atoms with Gasteiger partial charge in [0, 0.05) is 44.5 Å². The summed E-state index contributed by atoms with van der Waals surface area (Å²) in [5, 5.41) is 0. The van der Waals surface area contributed by atoms with E-state index in [-0.39, 0.29) is 11.9 Å². The van der Waals surface area contributed by atoms with Crippen molar-refractivity contribution >= 4 is 5.91 Å². The second-order valence-electron chi connectivity index (χ2n) is 6.24. The molecule has 1 amide bonds. The monoisotopic (exact) mass is 344 g/mol. The fraction of sp³-hybridized carbons (Fsp3) is 0.529. The van der Waals surface area contributed by atoms with Crippen LogP contribution in [-0.2, 0) is 17.7 Å². The quantitative estimate of drug-likeness (QED) is 0.834. The molecule has 0 aromatic carbocycles. The number of rotatable bonds is 3. The molecule has 4 heterocycles. The number of carbonyl (C=O) groups excluding carboxylic acids is 1. The van der Waals surface area contributed by atoms with E-state index in [2.05, 4.69) is 15.0 Å². The number of amides is 1. The Labute approximate surface area is 145 Å². The van der Waals surface area contributed by atoms with E-state index >= 15 is 0 Å². The number of hydrogen-bond acceptors (Lipinski definition) is 7. The molecule has 8 heteroatoms. The van der Waals surface area contributed by atoms with Gasteiger partial charge in [-0.05, 0) is 12.8 Å². The third kappa shape index (κ3) is 3.21. The summed E-state index contributed by atoms with van der Waals surface area (Å²) in [6.07, 6.45) is 5.52. The van der Waals surface area contributed by atoms with Crippen LogP contribution >= 0.6 is 0 Å². The minimum atomic E-state index is -0.107. The fourth-order valence-electron chi connectivity index (χ4n) is 3.23. The third-order valence-electron chi connectivity index (χ3n) is 4.66. The molecule has 0 N–H and O–H groups in total. The third-order valence-corrected chi connectivity index (χ3v) is 4.66.